The number of hydrogen-bond donors (Lipinski definition) is 0. The van der Waals surface area contributed by atoms with Gasteiger partial charge in [-0.2, -0.15) is 0 Å². The summed E-state index contributed by atoms with van der Waals surface area (Å²) in [6.07, 6.45) is 0.862. The van der Waals surface area contributed by atoms with Gasteiger partial charge in [0.1, 0.15) is 35.2 Å². The Balaban J connectivity index is 1.88. The van der Waals surface area contributed by atoms with E-state index in [-0.39, 0.29) is 5.78 Å². The smallest absolute Gasteiger partial charge is 0.303 e. The molecule has 0 radical (unpaired) electrons. The second kappa shape index (κ2) is 6.83. The first-order chi connectivity index (χ1) is 13.8. The number of methoxy groups -OCH3 is 2. The summed E-state index contributed by atoms with van der Waals surface area (Å²) in [5.41, 5.74) is 0.504. The molecule has 1 aromatic carbocycles. The van der Waals surface area contributed by atoms with Gasteiger partial charge in [0, 0.05) is 19.4 Å². The monoisotopic (exact) mass is 400 g/mol. The van der Waals surface area contributed by atoms with Crippen LogP contribution in [0.3, 0.4) is 0 Å². The van der Waals surface area contributed by atoms with Crippen LogP contribution in [0, 0.1) is 5.92 Å². The van der Waals surface area contributed by atoms with Gasteiger partial charge >= 0.3 is 5.97 Å². The molecule has 3 aliphatic rings. The van der Waals surface area contributed by atoms with E-state index in [4.69, 9.17) is 23.7 Å². The van der Waals surface area contributed by atoms with E-state index in [2.05, 4.69) is 0 Å². The Morgan fingerprint density at radius 2 is 1.97 bits per heavy atom. The van der Waals surface area contributed by atoms with Crippen LogP contribution in [0.25, 0.3) is 0 Å². The van der Waals surface area contributed by atoms with Gasteiger partial charge in [-0.15, -0.1) is 0 Å². The SMILES string of the molecule is COC1=CC2=C(C(OC(C)=O)CC(C)(C)O2)C2Oc3c(OC)cccc3C(=O)C12. The topological polar surface area (TPSA) is 80.3 Å². The van der Waals surface area contributed by atoms with E-state index in [0.29, 0.717) is 40.6 Å². The Morgan fingerprint density at radius 3 is 2.62 bits per heavy atom. The highest BCUT2D eigenvalue weighted by molar-refractivity contribution is 6.04. The number of esters is 1. The highest BCUT2D eigenvalue weighted by Crippen LogP contribution is 2.48. The summed E-state index contributed by atoms with van der Waals surface area (Å²) < 4.78 is 29.0. The van der Waals surface area contributed by atoms with Crippen LogP contribution in [0.1, 0.15) is 37.6 Å². The van der Waals surface area contributed by atoms with Gasteiger partial charge in [-0.1, -0.05) is 6.07 Å². The van der Waals surface area contributed by atoms with E-state index in [1.54, 1.807) is 24.3 Å². The summed E-state index contributed by atoms with van der Waals surface area (Å²) >= 11 is 0. The zero-order valence-corrected chi connectivity index (χ0v) is 17.1. The molecule has 29 heavy (non-hydrogen) atoms. The number of hydrogen-bond acceptors (Lipinski definition) is 7. The first-order valence-electron chi connectivity index (χ1n) is 9.49. The maximum Gasteiger partial charge on any atom is 0.303 e. The van der Waals surface area contributed by atoms with Crippen molar-refractivity contribution in [2.75, 3.05) is 14.2 Å². The summed E-state index contributed by atoms with van der Waals surface area (Å²) in [6.45, 7) is 5.21. The summed E-state index contributed by atoms with van der Waals surface area (Å²) in [5, 5.41) is 0. The molecule has 2 heterocycles. The number of benzene rings is 1. The first-order valence-corrected chi connectivity index (χ1v) is 9.49. The van der Waals surface area contributed by atoms with Crippen LogP contribution in [-0.2, 0) is 19.0 Å². The molecule has 3 unspecified atom stereocenters. The summed E-state index contributed by atoms with van der Waals surface area (Å²) in [7, 11) is 3.04. The lowest BCUT2D eigenvalue weighted by molar-refractivity contribution is -0.150. The lowest BCUT2D eigenvalue weighted by Gasteiger charge is -2.45. The normalized spacial score (nSPS) is 26.7. The van der Waals surface area contributed by atoms with Crippen molar-refractivity contribution in [3.05, 3.63) is 46.9 Å². The third kappa shape index (κ3) is 3.14. The largest absolute Gasteiger partial charge is 0.500 e. The Hall–Kier alpha value is -2.96. The van der Waals surface area contributed by atoms with Crippen molar-refractivity contribution in [1.82, 2.24) is 0 Å². The minimum atomic E-state index is -0.721. The van der Waals surface area contributed by atoms with Crippen LogP contribution >= 0.6 is 0 Å². The van der Waals surface area contributed by atoms with Gasteiger partial charge in [0.05, 0.1) is 25.4 Å². The Kier molecular flexibility index (Phi) is 4.56. The second-order valence-corrected chi connectivity index (χ2v) is 7.95. The molecule has 0 amide bonds. The van der Waals surface area contributed by atoms with Crippen LogP contribution in [0.4, 0.5) is 0 Å². The highest BCUT2D eigenvalue weighted by Gasteiger charge is 2.52. The number of carbonyl (C=O) groups is 2. The number of para-hydroxylation sites is 1. The molecule has 0 bridgehead atoms. The molecule has 0 saturated heterocycles. The van der Waals surface area contributed by atoms with E-state index in [1.165, 1.54) is 21.1 Å². The number of allylic oxidation sites excluding steroid dienone is 1. The maximum atomic E-state index is 13.4. The lowest BCUT2D eigenvalue weighted by atomic mass is 9.76. The number of fused-ring (bicyclic) bond motifs is 3. The van der Waals surface area contributed by atoms with Gasteiger partial charge < -0.3 is 23.7 Å². The standard InChI is InChI=1S/C22H24O7/c1-11(23)27-16-10-22(2,3)29-15-9-14(26-5)18-19(24)12-7-6-8-13(25-4)20(12)28-21(18)17(15)16/h6-9,16,18,21H,10H2,1-5H3. The summed E-state index contributed by atoms with van der Waals surface area (Å²) in [6, 6.07) is 5.19. The van der Waals surface area contributed by atoms with Crippen LogP contribution in [0.15, 0.2) is 41.4 Å². The Morgan fingerprint density at radius 1 is 1.21 bits per heavy atom. The van der Waals surface area contributed by atoms with Crippen molar-refractivity contribution in [2.45, 2.75) is 45.0 Å². The molecule has 0 spiro atoms. The first kappa shape index (κ1) is 19.4. The molecule has 7 heteroatoms. The number of ketones is 1. The average molecular weight is 400 g/mol. The molecule has 0 saturated carbocycles. The highest BCUT2D eigenvalue weighted by atomic mass is 16.6. The predicted octanol–water partition coefficient (Wildman–Crippen LogP) is 3.18. The summed E-state index contributed by atoms with van der Waals surface area (Å²) in [4.78, 5) is 25.2. The van der Waals surface area contributed by atoms with Gasteiger partial charge in [0.25, 0.3) is 0 Å². The predicted molar refractivity (Wildman–Crippen MR) is 103 cm³/mol. The van der Waals surface area contributed by atoms with Crippen LogP contribution in [0.2, 0.25) is 0 Å². The number of carbonyl (C=O) groups excluding carboxylic acids is 2. The van der Waals surface area contributed by atoms with Crippen molar-refractivity contribution in [3.8, 4) is 11.5 Å². The maximum absolute atomic E-state index is 13.4. The van der Waals surface area contributed by atoms with Crippen molar-refractivity contribution in [3.63, 3.8) is 0 Å². The van der Waals surface area contributed by atoms with Gasteiger partial charge in [0.2, 0.25) is 0 Å². The van der Waals surface area contributed by atoms with Crippen molar-refractivity contribution in [1.29, 1.82) is 0 Å². The van der Waals surface area contributed by atoms with Gasteiger partial charge in [-0.25, -0.2) is 0 Å². The third-order valence-electron chi connectivity index (χ3n) is 5.42. The van der Waals surface area contributed by atoms with Crippen molar-refractivity contribution < 1.29 is 33.3 Å². The molecule has 4 rings (SSSR count). The van der Waals surface area contributed by atoms with E-state index < -0.39 is 29.7 Å². The molecule has 7 nitrogen and oxygen atoms in total. The fourth-order valence-corrected chi connectivity index (χ4v) is 4.27. The molecular weight excluding hydrogens is 376 g/mol. The molecule has 3 atom stereocenters. The fraction of sp³-hybridized carbons (Fsp3) is 0.455. The molecule has 2 aliphatic heterocycles. The van der Waals surface area contributed by atoms with Crippen LogP contribution < -0.4 is 9.47 Å². The lowest BCUT2D eigenvalue weighted by Crippen LogP contribution is -2.50. The zero-order valence-electron chi connectivity index (χ0n) is 17.1. The Bertz CT molecular complexity index is 940. The van der Waals surface area contributed by atoms with E-state index in [0.717, 1.165) is 0 Å². The molecule has 154 valence electrons. The molecular formula is C22H24O7. The number of rotatable bonds is 3. The van der Waals surface area contributed by atoms with Crippen molar-refractivity contribution >= 4 is 11.8 Å². The summed E-state index contributed by atoms with van der Waals surface area (Å²) in [5.74, 6) is 0.561. The third-order valence-corrected chi connectivity index (χ3v) is 5.42. The van der Waals surface area contributed by atoms with E-state index in [9.17, 15) is 9.59 Å². The molecule has 0 N–H and O–H groups in total. The van der Waals surface area contributed by atoms with Gasteiger partial charge in [-0.05, 0) is 26.0 Å². The molecule has 1 aromatic rings. The number of ether oxygens (including phenoxy) is 5. The molecule has 0 aromatic heterocycles. The zero-order chi connectivity index (χ0) is 20.9. The quantitative estimate of drug-likeness (QED) is 0.721. The Labute approximate surface area is 169 Å². The average Bonchev–Trinajstić information content (AvgIpc) is 2.65. The molecule has 1 aliphatic carbocycles. The van der Waals surface area contributed by atoms with Crippen molar-refractivity contribution in [2.24, 2.45) is 5.92 Å². The van der Waals surface area contributed by atoms with Gasteiger partial charge in [0.15, 0.2) is 17.3 Å². The van der Waals surface area contributed by atoms with E-state index in [1.807, 2.05) is 13.8 Å². The fourth-order valence-electron chi connectivity index (χ4n) is 4.27. The van der Waals surface area contributed by atoms with Crippen LogP contribution in [-0.4, -0.2) is 43.8 Å². The second-order valence-electron chi connectivity index (χ2n) is 7.95. The number of Topliss-reactive ketones (excluding diaryl/α,β-unsaturated/α-hetero) is 1. The minimum absolute atomic E-state index is 0.138. The van der Waals surface area contributed by atoms with Crippen LogP contribution in [0.5, 0.6) is 11.5 Å². The molecule has 0 fully saturated rings. The minimum Gasteiger partial charge on any atom is -0.500 e. The van der Waals surface area contributed by atoms with Gasteiger partial charge in [-0.3, -0.25) is 9.59 Å². The van der Waals surface area contributed by atoms with E-state index >= 15 is 0 Å².